The standard InChI is InChI=1S/C13H17N3O2/c14-5-8-16-6-3-11(4-7-16)13(17)15-10-12-2-1-9-18-12/h1-2,9,11H,3-4,6-8,10H2,(H,15,17). The topological polar surface area (TPSA) is 69.3 Å². The van der Waals surface area contributed by atoms with Crippen LogP contribution in [0.25, 0.3) is 0 Å². The Labute approximate surface area is 106 Å². The molecule has 0 saturated carbocycles. The van der Waals surface area contributed by atoms with Crippen LogP contribution in [-0.2, 0) is 11.3 Å². The van der Waals surface area contributed by atoms with E-state index >= 15 is 0 Å². The Kier molecular flexibility index (Phi) is 4.37. The molecule has 2 heterocycles. The number of nitriles is 1. The van der Waals surface area contributed by atoms with E-state index in [4.69, 9.17) is 9.68 Å². The third-order valence-corrected chi connectivity index (χ3v) is 3.27. The van der Waals surface area contributed by atoms with Gasteiger partial charge in [-0.05, 0) is 38.1 Å². The van der Waals surface area contributed by atoms with Gasteiger partial charge < -0.3 is 9.73 Å². The second-order valence-corrected chi connectivity index (χ2v) is 4.51. The van der Waals surface area contributed by atoms with E-state index < -0.39 is 0 Å². The van der Waals surface area contributed by atoms with E-state index in [0.29, 0.717) is 13.1 Å². The Morgan fingerprint density at radius 2 is 2.33 bits per heavy atom. The molecule has 1 N–H and O–H groups in total. The van der Waals surface area contributed by atoms with Gasteiger partial charge in [-0.3, -0.25) is 9.69 Å². The summed E-state index contributed by atoms with van der Waals surface area (Å²) in [5, 5.41) is 11.5. The number of carbonyl (C=O) groups excluding carboxylic acids is 1. The van der Waals surface area contributed by atoms with E-state index in [0.717, 1.165) is 31.7 Å². The number of hydrogen-bond donors (Lipinski definition) is 1. The molecule has 96 valence electrons. The fraction of sp³-hybridized carbons (Fsp3) is 0.538. The molecule has 0 atom stereocenters. The van der Waals surface area contributed by atoms with Gasteiger partial charge in [-0.15, -0.1) is 0 Å². The first-order valence-electron chi connectivity index (χ1n) is 6.19. The lowest BCUT2D eigenvalue weighted by atomic mass is 9.96. The van der Waals surface area contributed by atoms with Gasteiger partial charge in [-0.25, -0.2) is 0 Å². The van der Waals surface area contributed by atoms with E-state index in [9.17, 15) is 4.79 Å². The third kappa shape index (κ3) is 3.34. The van der Waals surface area contributed by atoms with Gasteiger partial charge in [0.15, 0.2) is 0 Å². The summed E-state index contributed by atoms with van der Waals surface area (Å²) in [4.78, 5) is 14.0. The highest BCUT2D eigenvalue weighted by Crippen LogP contribution is 2.17. The predicted octanol–water partition coefficient (Wildman–Crippen LogP) is 1.13. The van der Waals surface area contributed by atoms with Crippen LogP contribution >= 0.6 is 0 Å². The van der Waals surface area contributed by atoms with Crippen molar-refractivity contribution in [1.82, 2.24) is 10.2 Å². The number of carbonyl (C=O) groups is 1. The zero-order valence-electron chi connectivity index (χ0n) is 10.3. The zero-order valence-corrected chi connectivity index (χ0v) is 10.3. The molecular formula is C13H17N3O2. The SMILES string of the molecule is N#CCN1CCC(C(=O)NCc2ccco2)CC1. The van der Waals surface area contributed by atoms with Gasteiger partial charge >= 0.3 is 0 Å². The molecule has 5 heteroatoms. The first-order chi connectivity index (χ1) is 8.79. The summed E-state index contributed by atoms with van der Waals surface area (Å²) in [5.74, 6) is 0.920. The normalized spacial score (nSPS) is 17.3. The smallest absolute Gasteiger partial charge is 0.223 e. The molecule has 1 saturated heterocycles. The Balaban J connectivity index is 1.72. The van der Waals surface area contributed by atoms with Crippen molar-refractivity contribution in [2.24, 2.45) is 5.92 Å². The van der Waals surface area contributed by atoms with Crippen LogP contribution in [0.3, 0.4) is 0 Å². The van der Waals surface area contributed by atoms with Gasteiger partial charge in [0, 0.05) is 5.92 Å². The summed E-state index contributed by atoms with van der Waals surface area (Å²) in [6.07, 6.45) is 3.25. The van der Waals surface area contributed by atoms with Gasteiger partial charge in [0.25, 0.3) is 0 Å². The number of nitrogens with zero attached hydrogens (tertiary/aromatic N) is 2. The van der Waals surface area contributed by atoms with E-state index in [1.54, 1.807) is 6.26 Å². The van der Waals surface area contributed by atoms with E-state index in [-0.39, 0.29) is 11.8 Å². The van der Waals surface area contributed by atoms with Crippen LogP contribution in [0, 0.1) is 17.2 Å². The minimum absolute atomic E-state index is 0.0647. The monoisotopic (exact) mass is 247 g/mol. The maximum Gasteiger partial charge on any atom is 0.223 e. The average Bonchev–Trinajstić information content (AvgIpc) is 2.90. The number of furan rings is 1. The lowest BCUT2D eigenvalue weighted by molar-refractivity contribution is -0.126. The molecule has 0 aromatic carbocycles. The van der Waals surface area contributed by atoms with Crippen molar-refractivity contribution in [1.29, 1.82) is 5.26 Å². The highest BCUT2D eigenvalue weighted by Gasteiger charge is 2.24. The van der Waals surface area contributed by atoms with Crippen molar-refractivity contribution in [2.45, 2.75) is 19.4 Å². The second kappa shape index (κ2) is 6.22. The molecule has 0 aliphatic carbocycles. The number of piperidine rings is 1. The first-order valence-corrected chi connectivity index (χ1v) is 6.19. The predicted molar refractivity (Wildman–Crippen MR) is 65.3 cm³/mol. The molecule has 0 radical (unpaired) electrons. The number of nitrogens with one attached hydrogen (secondary N) is 1. The van der Waals surface area contributed by atoms with Crippen LogP contribution in [0.2, 0.25) is 0 Å². The molecule has 2 rings (SSSR count). The van der Waals surface area contributed by atoms with Crippen molar-refractivity contribution >= 4 is 5.91 Å². The third-order valence-electron chi connectivity index (χ3n) is 3.27. The largest absolute Gasteiger partial charge is 0.467 e. The van der Waals surface area contributed by atoms with Crippen molar-refractivity contribution in [2.75, 3.05) is 19.6 Å². The van der Waals surface area contributed by atoms with E-state index in [2.05, 4.69) is 16.3 Å². The van der Waals surface area contributed by atoms with Crippen LogP contribution in [0.5, 0.6) is 0 Å². The molecule has 1 aliphatic rings. The maximum absolute atomic E-state index is 11.9. The first kappa shape index (κ1) is 12.7. The quantitative estimate of drug-likeness (QED) is 0.810. The summed E-state index contributed by atoms with van der Waals surface area (Å²) in [7, 11) is 0. The maximum atomic E-state index is 11.9. The van der Waals surface area contributed by atoms with Crippen LogP contribution < -0.4 is 5.32 Å². The molecule has 1 aliphatic heterocycles. The molecule has 5 nitrogen and oxygen atoms in total. The summed E-state index contributed by atoms with van der Waals surface area (Å²) in [6.45, 7) is 2.56. The van der Waals surface area contributed by atoms with Crippen molar-refractivity contribution < 1.29 is 9.21 Å². The van der Waals surface area contributed by atoms with Crippen LogP contribution in [0.15, 0.2) is 22.8 Å². The number of rotatable bonds is 4. The summed E-state index contributed by atoms with van der Waals surface area (Å²) >= 11 is 0. The number of amides is 1. The molecule has 1 aromatic heterocycles. The van der Waals surface area contributed by atoms with E-state index in [1.165, 1.54) is 0 Å². The highest BCUT2D eigenvalue weighted by molar-refractivity contribution is 5.78. The van der Waals surface area contributed by atoms with Crippen LogP contribution in [-0.4, -0.2) is 30.4 Å². The molecule has 1 amide bonds. The van der Waals surface area contributed by atoms with Crippen molar-refractivity contribution in [3.8, 4) is 6.07 Å². The molecule has 1 fully saturated rings. The highest BCUT2D eigenvalue weighted by atomic mass is 16.3. The Morgan fingerprint density at radius 1 is 1.56 bits per heavy atom. The van der Waals surface area contributed by atoms with Gasteiger partial charge in [0.05, 0.1) is 25.4 Å². The van der Waals surface area contributed by atoms with Gasteiger partial charge in [-0.1, -0.05) is 0 Å². The molecule has 18 heavy (non-hydrogen) atoms. The minimum Gasteiger partial charge on any atom is -0.467 e. The van der Waals surface area contributed by atoms with Gasteiger partial charge in [-0.2, -0.15) is 5.26 Å². The van der Waals surface area contributed by atoms with Gasteiger partial charge in [0.2, 0.25) is 5.91 Å². The molecule has 0 spiro atoms. The molecule has 1 aromatic rings. The summed E-state index contributed by atoms with van der Waals surface area (Å²) in [6, 6.07) is 5.79. The van der Waals surface area contributed by atoms with Crippen LogP contribution in [0.4, 0.5) is 0 Å². The number of likely N-dealkylation sites (tertiary alicyclic amines) is 1. The Morgan fingerprint density at radius 3 is 2.94 bits per heavy atom. The molecule has 0 bridgehead atoms. The average molecular weight is 247 g/mol. The fourth-order valence-electron chi connectivity index (χ4n) is 2.18. The lowest BCUT2D eigenvalue weighted by Crippen LogP contribution is -2.40. The summed E-state index contributed by atoms with van der Waals surface area (Å²) in [5.41, 5.74) is 0. The Hall–Kier alpha value is -1.80. The zero-order chi connectivity index (χ0) is 12.8. The van der Waals surface area contributed by atoms with E-state index in [1.807, 2.05) is 12.1 Å². The van der Waals surface area contributed by atoms with Crippen LogP contribution in [0.1, 0.15) is 18.6 Å². The lowest BCUT2D eigenvalue weighted by Gasteiger charge is -2.29. The minimum atomic E-state index is 0.0647. The van der Waals surface area contributed by atoms with Crippen molar-refractivity contribution in [3.63, 3.8) is 0 Å². The summed E-state index contributed by atoms with van der Waals surface area (Å²) < 4.78 is 5.16. The Bertz CT molecular complexity index is 414. The van der Waals surface area contributed by atoms with Crippen molar-refractivity contribution in [3.05, 3.63) is 24.2 Å². The van der Waals surface area contributed by atoms with Gasteiger partial charge in [0.1, 0.15) is 5.76 Å². The number of hydrogen-bond acceptors (Lipinski definition) is 4. The fourth-order valence-corrected chi connectivity index (χ4v) is 2.18. The molecular weight excluding hydrogens is 230 g/mol. The second-order valence-electron chi connectivity index (χ2n) is 4.51. The molecule has 0 unspecified atom stereocenters.